The van der Waals surface area contributed by atoms with Crippen LogP contribution in [0.4, 0.5) is 5.82 Å². The van der Waals surface area contributed by atoms with Crippen LogP contribution in [0, 0.1) is 10.1 Å². The molecule has 0 aliphatic rings. The van der Waals surface area contributed by atoms with Gasteiger partial charge in [-0.15, -0.1) is 5.10 Å². The third kappa shape index (κ3) is 0.929. The molecule has 1 aromatic rings. The Morgan fingerprint density at radius 1 is 1.89 bits per heavy atom. The number of rotatable bonds is 1. The van der Waals surface area contributed by atoms with Gasteiger partial charge in [-0.2, -0.15) is 0 Å². The second kappa shape index (κ2) is 1.69. The maximum absolute atomic E-state index is 9.85. The van der Waals surface area contributed by atoms with E-state index in [0.29, 0.717) is 4.91 Å². The second-order valence-electron chi connectivity index (χ2n) is 1.28. The van der Waals surface area contributed by atoms with E-state index < -0.39 is 4.92 Å². The van der Waals surface area contributed by atoms with Crippen LogP contribution in [0.15, 0.2) is 6.20 Å². The minimum atomic E-state index is -0.670. The fraction of sp³-hybridized carbons (Fsp3) is 0. The van der Waals surface area contributed by atoms with Gasteiger partial charge in [-0.05, 0) is 4.92 Å². The molecule has 9 heavy (non-hydrogen) atoms. The van der Waals surface area contributed by atoms with Crippen LogP contribution in [0.1, 0.15) is 0 Å². The molecule has 0 aliphatic carbocycles. The van der Waals surface area contributed by atoms with Crippen molar-refractivity contribution in [3.63, 3.8) is 0 Å². The summed E-state index contributed by atoms with van der Waals surface area (Å²) in [6.07, 6.45) is 0.972. The van der Waals surface area contributed by atoms with Gasteiger partial charge in [0.15, 0.2) is 6.20 Å². The van der Waals surface area contributed by atoms with Gasteiger partial charge in [0.2, 0.25) is 0 Å². The van der Waals surface area contributed by atoms with E-state index in [-0.39, 0.29) is 5.82 Å². The molecule has 0 aromatic carbocycles. The predicted octanol–water partition coefficient (Wildman–Crippen LogP) is -1.10. The topological polar surface area (TPSA) is 99.9 Å². The van der Waals surface area contributed by atoms with E-state index in [4.69, 9.17) is 5.84 Å². The zero-order valence-corrected chi connectivity index (χ0v) is 4.26. The van der Waals surface area contributed by atoms with E-state index in [1.54, 1.807) is 0 Å². The summed E-state index contributed by atoms with van der Waals surface area (Å²) in [4.78, 5) is 9.82. The van der Waals surface area contributed by atoms with Crippen molar-refractivity contribution in [1.82, 2.24) is 15.1 Å². The van der Waals surface area contributed by atoms with Crippen LogP contribution in [-0.4, -0.2) is 20.0 Å². The molecule has 0 fully saturated rings. The van der Waals surface area contributed by atoms with Gasteiger partial charge < -0.3 is 10.1 Å². The number of hydrogen-bond donors (Lipinski definition) is 1. The van der Waals surface area contributed by atoms with Crippen molar-refractivity contribution in [3.05, 3.63) is 16.3 Å². The normalized spacial score (nSPS) is 9.33. The van der Waals surface area contributed by atoms with Gasteiger partial charge in [0.25, 0.3) is 0 Å². The van der Waals surface area contributed by atoms with Gasteiger partial charge in [-0.25, -0.2) is 0 Å². The van der Waals surface area contributed by atoms with E-state index in [1.807, 2.05) is 0 Å². The monoisotopic (exact) mass is 129 g/mol. The van der Waals surface area contributed by atoms with Crippen molar-refractivity contribution < 1.29 is 4.92 Å². The molecule has 1 rings (SSSR count). The minimum absolute atomic E-state index is 0.350. The van der Waals surface area contributed by atoms with E-state index in [1.165, 1.54) is 0 Å². The molecule has 1 aromatic heterocycles. The third-order valence-corrected chi connectivity index (χ3v) is 0.683. The lowest BCUT2D eigenvalue weighted by atomic mass is 10.8. The largest absolute Gasteiger partial charge is 0.412 e. The molecular formula is C2H3N5O2. The average molecular weight is 129 g/mol. The van der Waals surface area contributed by atoms with E-state index >= 15 is 0 Å². The Morgan fingerprint density at radius 2 is 2.56 bits per heavy atom. The highest BCUT2D eigenvalue weighted by Crippen LogP contribution is 1.98. The number of nitro groups is 1. The van der Waals surface area contributed by atoms with E-state index in [2.05, 4.69) is 10.2 Å². The maximum atomic E-state index is 9.85. The summed E-state index contributed by atoms with van der Waals surface area (Å²) >= 11 is 0. The Morgan fingerprint density at radius 3 is 2.78 bits per heavy atom. The molecule has 0 aliphatic heterocycles. The van der Waals surface area contributed by atoms with Crippen LogP contribution in [0.3, 0.4) is 0 Å². The zero-order valence-electron chi connectivity index (χ0n) is 4.26. The zero-order chi connectivity index (χ0) is 6.85. The van der Waals surface area contributed by atoms with Crippen LogP contribution in [-0.2, 0) is 0 Å². The fourth-order valence-electron chi connectivity index (χ4n) is 0.351. The lowest BCUT2D eigenvalue weighted by molar-refractivity contribution is -0.389. The first kappa shape index (κ1) is 5.48. The molecule has 7 nitrogen and oxygen atoms in total. The molecule has 0 radical (unpaired) electrons. The molecule has 7 heteroatoms. The highest BCUT2D eigenvalue weighted by Gasteiger charge is 2.09. The van der Waals surface area contributed by atoms with Gasteiger partial charge in [0, 0.05) is 4.91 Å². The molecule has 0 unspecified atom stereocenters. The highest BCUT2D eigenvalue weighted by molar-refractivity contribution is 5.07. The number of nitrogens with zero attached hydrogens (tertiary/aromatic N) is 4. The molecule has 0 saturated heterocycles. The van der Waals surface area contributed by atoms with Crippen LogP contribution in [0.2, 0.25) is 0 Å². The molecule has 0 saturated carbocycles. The van der Waals surface area contributed by atoms with Gasteiger partial charge in [0.05, 0.1) is 0 Å². The molecule has 0 atom stereocenters. The number of aromatic nitrogens is 3. The fourth-order valence-corrected chi connectivity index (χ4v) is 0.351. The summed E-state index contributed by atoms with van der Waals surface area (Å²) in [7, 11) is 0. The SMILES string of the molecule is Nn1ncc([N+](=O)[O-])n1. The Balaban J connectivity index is 2.98. The third-order valence-electron chi connectivity index (χ3n) is 0.683. The maximum Gasteiger partial charge on any atom is 0.412 e. The Bertz CT molecular complexity index is 229. The number of nitrogen functional groups attached to an aromatic ring is 1. The molecule has 48 valence electrons. The molecular weight excluding hydrogens is 126 g/mol. The quantitative estimate of drug-likeness (QED) is 0.294. The van der Waals surface area contributed by atoms with Crippen molar-refractivity contribution in [1.29, 1.82) is 0 Å². The van der Waals surface area contributed by atoms with Crippen molar-refractivity contribution in [3.8, 4) is 0 Å². The summed E-state index contributed by atoms with van der Waals surface area (Å²) in [5.41, 5.74) is 0. The lowest BCUT2D eigenvalue weighted by Crippen LogP contribution is -2.11. The van der Waals surface area contributed by atoms with Crippen LogP contribution >= 0.6 is 0 Å². The first-order valence-corrected chi connectivity index (χ1v) is 2.02. The van der Waals surface area contributed by atoms with Gasteiger partial charge in [-0.1, -0.05) is 0 Å². The molecule has 0 bridgehead atoms. The lowest BCUT2D eigenvalue weighted by Gasteiger charge is -1.80. The Hall–Kier alpha value is -1.66. The average Bonchev–Trinajstić information content (AvgIpc) is 2.14. The summed E-state index contributed by atoms with van der Waals surface area (Å²) < 4.78 is 0. The van der Waals surface area contributed by atoms with Crippen LogP contribution in [0.5, 0.6) is 0 Å². The van der Waals surface area contributed by atoms with E-state index in [9.17, 15) is 10.1 Å². The Labute approximate surface area is 49.2 Å². The van der Waals surface area contributed by atoms with Crippen molar-refractivity contribution in [2.24, 2.45) is 0 Å². The summed E-state index contributed by atoms with van der Waals surface area (Å²) in [6.45, 7) is 0. The molecule has 0 amide bonds. The molecule has 0 spiro atoms. The summed E-state index contributed by atoms with van der Waals surface area (Å²) in [5, 5.41) is 16.3. The van der Waals surface area contributed by atoms with Crippen LogP contribution < -0.4 is 5.84 Å². The molecule has 2 N–H and O–H groups in total. The van der Waals surface area contributed by atoms with Crippen LogP contribution in [0.25, 0.3) is 0 Å². The highest BCUT2D eigenvalue weighted by atomic mass is 16.6. The minimum Gasteiger partial charge on any atom is -0.358 e. The van der Waals surface area contributed by atoms with Crippen molar-refractivity contribution >= 4 is 5.82 Å². The van der Waals surface area contributed by atoms with Crippen molar-refractivity contribution in [2.45, 2.75) is 0 Å². The van der Waals surface area contributed by atoms with Gasteiger partial charge in [-0.3, -0.25) is 5.84 Å². The summed E-state index contributed by atoms with van der Waals surface area (Å²) in [5.74, 6) is 4.56. The van der Waals surface area contributed by atoms with Gasteiger partial charge >= 0.3 is 5.82 Å². The first-order chi connectivity index (χ1) is 4.20. The smallest absolute Gasteiger partial charge is 0.358 e. The predicted molar refractivity (Wildman–Crippen MR) is 26.8 cm³/mol. The molecule has 1 heterocycles. The Kier molecular flexibility index (Phi) is 1.03. The first-order valence-electron chi connectivity index (χ1n) is 2.02. The summed E-state index contributed by atoms with van der Waals surface area (Å²) in [6, 6.07) is 0. The second-order valence-corrected chi connectivity index (χ2v) is 1.28. The van der Waals surface area contributed by atoms with E-state index in [0.717, 1.165) is 6.20 Å². The number of nitrogens with two attached hydrogens (primary N) is 1. The number of hydrogen-bond acceptors (Lipinski definition) is 5. The van der Waals surface area contributed by atoms with Gasteiger partial charge in [0.1, 0.15) is 5.10 Å². The standard InChI is InChI=1S/C2H3N5O2/c3-7-4-1-2(5-7)6(8)9/h1H,3H2. The van der Waals surface area contributed by atoms with Crippen molar-refractivity contribution in [2.75, 3.05) is 5.84 Å².